The van der Waals surface area contributed by atoms with Gasteiger partial charge in [-0.25, -0.2) is 5.09 Å². The fraction of sp³-hybridized carbons (Fsp3) is 0.533. The molecule has 0 aliphatic carbocycles. The summed E-state index contributed by atoms with van der Waals surface area (Å²) in [5.74, 6) is -0.687. The molecule has 1 aromatic rings. The monoisotopic (exact) mass is 383 g/mol. The van der Waals surface area contributed by atoms with Crippen LogP contribution in [0.4, 0.5) is 13.2 Å². The normalized spacial score (nSPS) is 15.5. The maximum absolute atomic E-state index is 12.8. The number of esters is 1. The van der Waals surface area contributed by atoms with E-state index >= 15 is 0 Å². The van der Waals surface area contributed by atoms with E-state index in [0.29, 0.717) is 0 Å². The van der Waals surface area contributed by atoms with Gasteiger partial charge in [0, 0.05) is 7.11 Å². The van der Waals surface area contributed by atoms with Crippen LogP contribution >= 0.6 is 7.52 Å². The number of benzene rings is 1. The van der Waals surface area contributed by atoms with Crippen molar-refractivity contribution in [2.45, 2.75) is 39.1 Å². The van der Waals surface area contributed by atoms with E-state index < -0.39 is 31.3 Å². The number of carbonyl (C=O) groups is 1. The van der Waals surface area contributed by atoms with Crippen LogP contribution in [0.2, 0.25) is 0 Å². The van der Waals surface area contributed by atoms with Crippen molar-refractivity contribution in [2.24, 2.45) is 0 Å². The van der Waals surface area contributed by atoms with Crippen LogP contribution in [-0.4, -0.2) is 31.6 Å². The third kappa shape index (κ3) is 7.05. The van der Waals surface area contributed by atoms with E-state index in [-0.39, 0.29) is 18.2 Å². The summed E-state index contributed by atoms with van der Waals surface area (Å²) in [4.78, 5) is 11.8. The van der Waals surface area contributed by atoms with E-state index in [0.717, 1.165) is 24.3 Å². The van der Waals surface area contributed by atoms with E-state index in [4.69, 9.17) is 14.0 Å². The molecule has 0 heterocycles. The highest BCUT2D eigenvalue weighted by Gasteiger charge is 2.32. The lowest BCUT2D eigenvalue weighted by Crippen LogP contribution is -2.36. The molecule has 0 radical (unpaired) electrons. The lowest BCUT2D eigenvalue weighted by atomic mass is 10.2. The molecule has 142 valence electrons. The van der Waals surface area contributed by atoms with Gasteiger partial charge in [-0.05, 0) is 45.0 Å². The van der Waals surface area contributed by atoms with Crippen LogP contribution in [0.25, 0.3) is 0 Å². The molecule has 1 N–H and O–H groups in total. The molecule has 0 amide bonds. The van der Waals surface area contributed by atoms with Crippen molar-refractivity contribution in [3.8, 4) is 5.75 Å². The molecule has 0 saturated heterocycles. The zero-order valence-electron chi connectivity index (χ0n) is 14.3. The molecule has 0 fully saturated rings. The Morgan fingerprint density at radius 1 is 1.20 bits per heavy atom. The summed E-state index contributed by atoms with van der Waals surface area (Å²) in [6.45, 7) is 4.76. The van der Waals surface area contributed by atoms with Gasteiger partial charge in [0.15, 0.2) is 0 Å². The lowest BCUT2D eigenvalue weighted by molar-refractivity contribution is -0.149. The van der Waals surface area contributed by atoms with E-state index in [1.165, 1.54) is 14.0 Å². The summed E-state index contributed by atoms with van der Waals surface area (Å²) in [5.41, 5.74) is -0.858. The second-order valence-corrected chi connectivity index (χ2v) is 7.59. The number of carbonyl (C=O) groups excluding carboxylic acids is 1. The standard InChI is InChI=1S/C15H21F3NO5P/c1-10(2)23-14(20)11(3)19-25(21,9-22-4)24-13-7-5-12(6-8-13)15(16,17)18/h5-8,10-11H,9H2,1-4H3,(H,19,21)/t11-,25?/m0/s1. The van der Waals surface area contributed by atoms with Crippen molar-refractivity contribution in [1.29, 1.82) is 0 Å². The minimum Gasteiger partial charge on any atom is -0.462 e. The zero-order valence-corrected chi connectivity index (χ0v) is 15.2. The zero-order chi connectivity index (χ0) is 19.3. The van der Waals surface area contributed by atoms with Crippen molar-refractivity contribution in [3.63, 3.8) is 0 Å². The Labute approximate surface area is 144 Å². The predicted molar refractivity (Wildman–Crippen MR) is 85.4 cm³/mol. The molecule has 6 nitrogen and oxygen atoms in total. The Kier molecular flexibility index (Phi) is 7.46. The molecule has 0 aliphatic heterocycles. The highest BCUT2D eigenvalue weighted by atomic mass is 31.2. The molecular formula is C15H21F3NO5P. The fourth-order valence-electron chi connectivity index (χ4n) is 1.82. The molecule has 1 aromatic carbocycles. The average molecular weight is 383 g/mol. The molecule has 0 bridgehead atoms. The largest absolute Gasteiger partial charge is 0.462 e. The molecule has 2 atom stereocenters. The summed E-state index contributed by atoms with van der Waals surface area (Å²) >= 11 is 0. The number of alkyl halides is 3. The van der Waals surface area contributed by atoms with E-state index in [1.54, 1.807) is 13.8 Å². The van der Waals surface area contributed by atoms with Crippen LogP contribution in [-0.2, 0) is 25.0 Å². The molecule has 0 saturated carbocycles. The number of hydrogen-bond acceptors (Lipinski definition) is 5. The van der Waals surface area contributed by atoms with Crippen molar-refractivity contribution >= 4 is 13.5 Å². The Hall–Kier alpha value is -1.57. The topological polar surface area (TPSA) is 73.9 Å². The summed E-state index contributed by atoms with van der Waals surface area (Å²) in [7, 11) is -2.43. The third-order valence-electron chi connectivity index (χ3n) is 2.83. The van der Waals surface area contributed by atoms with Gasteiger partial charge in [-0.3, -0.25) is 9.36 Å². The van der Waals surface area contributed by atoms with Gasteiger partial charge in [0.05, 0.1) is 11.7 Å². The van der Waals surface area contributed by atoms with Crippen molar-refractivity contribution in [2.75, 3.05) is 13.5 Å². The lowest BCUT2D eigenvalue weighted by Gasteiger charge is -2.23. The average Bonchev–Trinajstić information content (AvgIpc) is 2.45. The van der Waals surface area contributed by atoms with Gasteiger partial charge < -0.3 is 14.0 Å². The smallest absolute Gasteiger partial charge is 0.416 e. The Bertz CT molecular complexity index is 619. The molecule has 1 unspecified atom stereocenters. The van der Waals surface area contributed by atoms with E-state index in [9.17, 15) is 22.5 Å². The van der Waals surface area contributed by atoms with Crippen molar-refractivity contribution in [3.05, 3.63) is 29.8 Å². The van der Waals surface area contributed by atoms with E-state index in [1.807, 2.05) is 0 Å². The van der Waals surface area contributed by atoms with Crippen LogP contribution in [0.3, 0.4) is 0 Å². The number of ether oxygens (including phenoxy) is 2. The maximum atomic E-state index is 12.8. The van der Waals surface area contributed by atoms with Gasteiger partial charge in [0.25, 0.3) is 0 Å². The van der Waals surface area contributed by atoms with Crippen molar-refractivity contribution in [1.82, 2.24) is 5.09 Å². The maximum Gasteiger partial charge on any atom is 0.416 e. The first-order valence-corrected chi connectivity index (χ1v) is 9.21. The Morgan fingerprint density at radius 3 is 2.20 bits per heavy atom. The van der Waals surface area contributed by atoms with Gasteiger partial charge in [0.1, 0.15) is 18.1 Å². The molecule has 1 rings (SSSR count). The molecule has 10 heteroatoms. The van der Waals surface area contributed by atoms with Gasteiger partial charge in [-0.2, -0.15) is 13.2 Å². The predicted octanol–water partition coefficient (Wildman–Crippen LogP) is 3.81. The van der Waals surface area contributed by atoms with Gasteiger partial charge in [-0.15, -0.1) is 0 Å². The van der Waals surface area contributed by atoms with Crippen LogP contribution in [0.5, 0.6) is 5.75 Å². The molecule has 0 aliphatic rings. The number of halogens is 3. The summed E-state index contributed by atoms with van der Waals surface area (Å²) in [6, 6.07) is 2.75. The highest BCUT2D eigenvalue weighted by molar-refractivity contribution is 7.57. The number of hydrogen-bond donors (Lipinski definition) is 1. The quantitative estimate of drug-likeness (QED) is 0.544. The first-order valence-electron chi connectivity index (χ1n) is 7.40. The first kappa shape index (κ1) is 21.5. The SMILES string of the molecule is COCP(=O)(N[C@@H](C)C(=O)OC(C)C)Oc1ccc(C(F)(F)F)cc1. The minimum absolute atomic E-state index is 0.0506. The summed E-state index contributed by atoms with van der Waals surface area (Å²) in [5, 5.41) is 2.50. The molecule has 0 spiro atoms. The summed E-state index contributed by atoms with van der Waals surface area (Å²) in [6.07, 6.45) is -5.22. The third-order valence-corrected chi connectivity index (χ3v) is 4.71. The van der Waals surface area contributed by atoms with Crippen LogP contribution in [0.15, 0.2) is 24.3 Å². The van der Waals surface area contributed by atoms with Gasteiger partial charge in [-0.1, -0.05) is 0 Å². The highest BCUT2D eigenvalue weighted by Crippen LogP contribution is 2.44. The molecular weight excluding hydrogens is 362 g/mol. The van der Waals surface area contributed by atoms with Crippen LogP contribution in [0.1, 0.15) is 26.3 Å². The minimum atomic E-state index is -4.48. The Balaban J connectivity index is 2.87. The van der Waals surface area contributed by atoms with Gasteiger partial charge in [0.2, 0.25) is 0 Å². The summed E-state index contributed by atoms with van der Waals surface area (Å²) < 4.78 is 65.6. The van der Waals surface area contributed by atoms with Gasteiger partial charge >= 0.3 is 19.7 Å². The Morgan fingerprint density at radius 2 is 1.76 bits per heavy atom. The van der Waals surface area contributed by atoms with E-state index in [2.05, 4.69) is 5.09 Å². The number of methoxy groups -OCH3 is 1. The fourth-order valence-corrected chi connectivity index (χ4v) is 3.49. The second kappa shape index (κ2) is 8.69. The molecule has 25 heavy (non-hydrogen) atoms. The van der Waals surface area contributed by atoms with Crippen molar-refractivity contribution < 1.29 is 36.5 Å². The number of nitrogens with one attached hydrogen (secondary N) is 1. The second-order valence-electron chi connectivity index (χ2n) is 5.54. The first-order chi connectivity index (χ1) is 11.5. The van der Waals surface area contributed by atoms with Crippen LogP contribution < -0.4 is 9.61 Å². The number of rotatable bonds is 8. The van der Waals surface area contributed by atoms with Crippen LogP contribution in [0, 0.1) is 0 Å². The molecule has 0 aromatic heterocycles.